The average Bonchev–Trinajstić information content (AvgIpc) is 3.34. The molecule has 0 radical (unpaired) electrons. The highest BCUT2D eigenvalue weighted by Gasteiger charge is 2.15. The monoisotopic (exact) mass is 760 g/mol. The fourth-order valence-corrected chi connectivity index (χ4v) is 8.99. The fraction of sp³-hybridized carbons (Fsp3) is 0. The first kappa shape index (κ1) is 35.4. The molecule has 0 amide bonds. The molecule has 0 N–H and O–H groups in total. The SMILES string of the molecule is c1ccc(-c2cc(-c3ccccc3)cc(-c3cc(-c4cc(-c5ccccc5)cc(-c5ccccc5)c4)cc(-c4ccc5c6ccccc6c6ccccc6c5c4)c3)c2)cc1. The number of hydrogen-bond acceptors (Lipinski definition) is 0. The molecule has 0 spiro atoms. The first-order chi connectivity index (χ1) is 29.7. The Balaban J connectivity index is 1.18. The van der Waals surface area contributed by atoms with Crippen LogP contribution in [0.25, 0.3) is 110 Å². The Bertz CT molecular complexity index is 3030. The molecule has 0 unspecified atom stereocenters. The van der Waals surface area contributed by atoms with E-state index in [1.165, 1.54) is 110 Å². The van der Waals surface area contributed by atoms with Gasteiger partial charge in [0.1, 0.15) is 0 Å². The van der Waals surface area contributed by atoms with E-state index in [1.807, 2.05) is 0 Å². The lowest BCUT2D eigenvalue weighted by Crippen LogP contribution is -1.91. The molecule has 0 nitrogen and oxygen atoms in total. The van der Waals surface area contributed by atoms with Gasteiger partial charge in [0, 0.05) is 0 Å². The lowest BCUT2D eigenvalue weighted by Gasteiger charge is -2.17. The second-order valence-corrected chi connectivity index (χ2v) is 15.7. The van der Waals surface area contributed by atoms with Crippen molar-refractivity contribution in [2.75, 3.05) is 0 Å². The van der Waals surface area contributed by atoms with Crippen molar-refractivity contribution in [1.82, 2.24) is 0 Å². The predicted molar refractivity (Wildman–Crippen MR) is 257 cm³/mol. The zero-order chi connectivity index (χ0) is 39.8. The average molecular weight is 761 g/mol. The first-order valence-electron chi connectivity index (χ1n) is 20.7. The lowest BCUT2D eigenvalue weighted by molar-refractivity contribution is 1.54. The van der Waals surface area contributed by atoms with E-state index >= 15 is 0 Å². The van der Waals surface area contributed by atoms with Crippen LogP contribution in [0.2, 0.25) is 0 Å². The van der Waals surface area contributed by atoms with E-state index in [-0.39, 0.29) is 0 Å². The van der Waals surface area contributed by atoms with Gasteiger partial charge in [-0.15, -0.1) is 0 Å². The van der Waals surface area contributed by atoms with Crippen LogP contribution in [0.4, 0.5) is 0 Å². The molecular formula is C60H40. The quantitative estimate of drug-likeness (QED) is 0.142. The van der Waals surface area contributed by atoms with E-state index in [9.17, 15) is 0 Å². The standard InChI is InChI=1S/C60H40/c1-5-17-41(18-6-1)46-31-47(42-19-7-2-8-20-42)34-51(33-46)53-37-50(45-29-30-59-57-27-14-13-25-55(57)56-26-15-16-28-58(56)60(59)40-45)38-54(39-53)52-35-48(43-21-9-3-10-22-43)32-49(36-52)44-23-11-4-12-24-44/h1-40H. The van der Waals surface area contributed by atoms with Crippen LogP contribution in [-0.4, -0.2) is 0 Å². The van der Waals surface area contributed by atoms with Crippen molar-refractivity contribution in [3.8, 4) is 77.9 Å². The molecule has 0 atom stereocenters. The Morgan fingerprint density at radius 1 is 0.117 bits per heavy atom. The maximum atomic E-state index is 2.42. The van der Waals surface area contributed by atoms with Crippen LogP contribution in [-0.2, 0) is 0 Å². The normalized spacial score (nSPS) is 11.3. The summed E-state index contributed by atoms with van der Waals surface area (Å²) >= 11 is 0. The summed E-state index contributed by atoms with van der Waals surface area (Å²) in [5.41, 5.74) is 16.6. The zero-order valence-corrected chi connectivity index (χ0v) is 33.1. The minimum absolute atomic E-state index is 1.17. The smallest absolute Gasteiger partial charge is 0.00928 e. The number of rotatable bonds is 7. The molecule has 0 saturated heterocycles. The van der Waals surface area contributed by atoms with Crippen LogP contribution >= 0.6 is 0 Å². The molecule has 0 saturated carbocycles. The van der Waals surface area contributed by atoms with Gasteiger partial charge in [-0.1, -0.05) is 182 Å². The van der Waals surface area contributed by atoms with Gasteiger partial charge in [-0.05, 0) is 171 Å². The highest BCUT2D eigenvalue weighted by atomic mass is 14.2. The highest BCUT2D eigenvalue weighted by Crippen LogP contribution is 2.42. The molecule has 11 aromatic carbocycles. The second-order valence-electron chi connectivity index (χ2n) is 15.7. The Morgan fingerprint density at radius 3 is 0.633 bits per heavy atom. The van der Waals surface area contributed by atoms with Crippen molar-refractivity contribution in [3.05, 3.63) is 243 Å². The van der Waals surface area contributed by atoms with E-state index in [2.05, 4.69) is 243 Å². The molecule has 0 aromatic heterocycles. The van der Waals surface area contributed by atoms with E-state index in [4.69, 9.17) is 0 Å². The van der Waals surface area contributed by atoms with Crippen molar-refractivity contribution >= 4 is 32.3 Å². The molecule has 11 rings (SSSR count). The number of hydrogen-bond donors (Lipinski definition) is 0. The lowest BCUT2D eigenvalue weighted by atomic mass is 9.87. The van der Waals surface area contributed by atoms with Crippen LogP contribution < -0.4 is 0 Å². The molecule has 0 heterocycles. The van der Waals surface area contributed by atoms with Gasteiger partial charge < -0.3 is 0 Å². The molecule has 0 aliphatic carbocycles. The molecule has 280 valence electrons. The minimum atomic E-state index is 1.17. The third-order valence-corrected chi connectivity index (χ3v) is 12.0. The summed E-state index contributed by atoms with van der Waals surface area (Å²) in [4.78, 5) is 0. The molecule has 11 aromatic rings. The summed E-state index contributed by atoms with van der Waals surface area (Å²) in [5.74, 6) is 0. The molecule has 0 heteroatoms. The molecule has 0 bridgehead atoms. The van der Waals surface area contributed by atoms with Crippen molar-refractivity contribution < 1.29 is 0 Å². The Hall–Kier alpha value is -7.80. The maximum Gasteiger partial charge on any atom is -0.00928 e. The number of fused-ring (bicyclic) bond motifs is 6. The van der Waals surface area contributed by atoms with Crippen LogP contribution in [0.1, 0.15) is 0 Å². The van der Waals surface area contributed by atoms with Gasteiger partial charge in [-0.2, -0.15) is 0 Å². The number of benzene rings is 11. The minimum Gasteiger partial charge on any atom is -0.0622 e. The summed E-state index contributed by atoms with van der Waals surface area (Å²) in [6.45, 7) is 0. The largest absolute Gasteiger partial charge is 0.0622 e. The van der Waals surface area contributed by atoms with Gasteiger partial charge in [-0.25, -0.2) is 0 Å². The fourth-order valence-electron chi connectivity index (χ4n) is 8.99. The summed E-state index contributed by atoms with van der Waals surface area (Å²) in [7, 11) is 0. The third kappa shape index (κ3) is 6.65. The van der Waals surface area contributed by atoms with Crippen molar-refractivity contribution in [2.24, 2.45) is 0 Å². The van der Waals surface area contributed by atoms with Gasteiger partial charge in [0.05, 0.1) is 0 Å². The van der Waals surface area contributed by atoms with Crippen LogP contribution in [0.5, 0.6) is 0 Å². The third-order valence-electron chi connectivity index (χ3n) is 12.0. The summed E-state index contributed by atoms with van der Waals surface area (Å²) < 4.78 is 0. The van der Waals surface area contributed by atoms with Gasteiger partial charge in [0.15, 0.2) is 0 Å². The second kappa shape index (κ2) is 15.2. The van der Waals surface area contributed by atoms with Gasteiger partial charge in [-0.3, -0.25) is 0 Å². The van der Waals surface area contributed by atoms with Crippen LogP contribution in [0.3, 0.4) is 0 Å². The van der Waals surface area contributed by atoms with E-state index in [1.54, 1.807) is 0 Å². The van der Waals surface area contributed by atoms with Gasteiger partial charge in [0.25, 0.3) is 0 Å². The van der Waals surface area contributed by atoms with Gasteiger partial charge >= 0.3 is 0 Å². The van der Waals surface area contributed by atoms with Gasteiger partial charge in [0.2, 0.25) is 0 Å². The molecule has 60 heavy (non-hydrogen) atoms. The predicted octanol–water partition coefficient (Wildman–Crippen LogP) is 16.8. The highest BCUT2D eigenvalue weighted by molar-refractivity contribution is 6.25. The van der Waals surface area contributed by atoms with E-state index in [0.717, 1.165) is 0 Å². The Morgan fingerprint density at radius 2 is 0.333 bits per heavy atom. The maximum absolute atomic E-state index is 2.42. The topological polar surface area (TPSA) is 0 Å². The van der Waals surface area contributed by atoms with Crippen LogP contribution in [0.15, 0.2) is 243 Å². The van der Waals surface area contributed by atoms with Crippen molar-refractivity contribution in [1.29, 1.82) is 0 Å². The van der Waals surface area contributed by atoms with Crippen molar-refractivity contribution in [2.45, 2.75) is 0 Å². The molecular weight excluding hydrogens is 721 g/mol. The summed E-state index contributed by atoms with van der Waals surface area (Å²) in [5, 5.41) is 7.67. The Labute approximate surface area is 351 Å². The zero-order valence-electron chi connectivity index (χ0n) is 33.1. The van der Waals surface area contributed by atoms with Crippen LogP contribution in [0, 0.1) is 0 Å². The van der Waals surface area contributed by atoms with E-state index < -0.39 is 0 Å². The first-order valence-corrected chi connectivity index (χ1v) is 20.7. The van der Waals surface area contributed by atoms with Crippen molar-refractivity contribution in [3.63, 3.8) is 0 Å². The summed E-state index contributed by atoms with van der Waals surface area (Å²) in [6.07, 6.45) is 0. The molecule has 0 fully saturated rings. The molecule has 0 aliphatic heterocycles. The Kier molecular flexibility index (Phi) is 8.95. The molecule has 0 aliphatic rings. The summed E-state index contributed by atoms with van der Waals surface area (Å²) in [6, 6.07) is 89.0. The van der Waals surface area contributed by atoms with E-state index in [0.29, 0.717) is 0 Å².